The minimum Gasteiger partial charge on any atom is -0.508 e. The summed E-state index contributed by atoms with van der Waals surface area (Å²) in [5, 5.41) is 26.4. The van der Waals surface area contributed by atoms with E-state index in [1.54, 1.807) is 16.8 Å². The van der Waals surface area contributed by atoms with Crippen molar-refractivity contribution in [3.05, 3.63) is 76.4 Å². The van der Waals surface area contributed by atoms with E-state index in [9.17, 15) is 10.2 Å². The lowest BCUT2D eigenvalue weighted by molar-refractivity contribution is 0.450. The monoisotopic (exact) mass is 379 g/mol. The Hall–Kier alpha value is -3.12. The number of phenolic OH excluding ortho intramolecular Hbond substituents is 2. The fourth-order valence-electron chi connectivity index (χ4n) is 2.60. The molecule has 0 fully saturated rings. The SMILES string of the molecule is C=CCN=c1scc(-c2ccc(C)cc2)n1N=C(C)c1ccc(O)cc1O. The van der Waals surface area contributed by atoms with Gasteiger partial charge in [0.15, 0.2) is 0 Å². The van der Waals surface area contributed by atoms with Crippen LogP contribution in [0.25, 0.3) is 11.3 Å². The minimum atomic E-state index is -0.0199. The summed E-state index contributed by atoms with van der Waals surface area (Å²) in [6.07, 6.45) is 1.73. The lowest BCUT2D eigenvalue weighted by Crippen LogP contribution is -2.14. The molecule has 0 radical (unpaired) electrons. The molecule has 2 N–H and O–H groups in total. The average molecular weight is 379 g/mol. The zero-order valence-electron chi connectivity index (χ0n) is 15.3. The van der Waals surface area contributed by atoms with Crippen LogP contribution in [0, 0.1) is 6.92 Å². The van der Waals surface area contributed by atoms with Gasteiger partial charge in [-0.3, -0.25) is 4.99 Å². The zero-order chi connectivity index (χ0) is 19.4. The van der Waals surface area contributed by atoms with E-state index in [4.69, 9.17) is 5.10 Å². The Morgan fingerprint density at radius 3 is 2.59 bits per heavy atom. The van der Waals surface area contributed by atoms with Crippen molar-refractivity contribution < 1.29 is 10.2 Å². The molecule has 1 aromatic heterocycles. The maximum atomic E-state index is 10.1. The Morgan fingerprint density at radius 2 is 1.93 bits per heavy atom. The van der Waals surface area contributed by atoms with Gasteiger partial charge < -0.3 is 10.2 Å². The molecule has 0 aliphatic rings. The molecule has 3 rings (SSSR count). The maximum absolute atomic E-state index is 10.1. The molecule has 5 nitrogen and oxygen atoms in total. The summed E-state index contributed by atoms with van der Waals surface area (Å²) in [5.41, 5.74) is 4.30. The Kier molecular flexibility index (Phi) is 5.57. The predicted octanol–water partition coefficient (Wildman–Crippen LogP) is 4.30. The lowest BCUT2D eigenvalue weighted by Gasteiger charge is -2.08. The highest BCUT2D eigenvalue weighted by Crippen LogP contribution is 2.25. The Bertz CT molecular complexity index is 1060. The number of hydrogen-bond donors (Lipinski definition) is 2. The predicted molar refractivity (Wildman–Crippen MR) is 110 cm³/mol. The molecule has 3 aromatic rings. The first-order valence-corrected chi connectivity index (χ1v) is 9.34. The first kappa shape index (κ1) is 18.7. The van der Waals surface area contributed by atoms with Gasteiger partial charge in [-0.15, -0.1) is 17.9 Å². The number of phenols is 2. The van der Waals surface area contributed by atoms with Gasteiger partial charge in [0.05, 0.1) is 18.0 Å². The van der Waals surface area contributed by atoms with Crippen molar-refractivity contribution in [1.82, 2.24) is 4.68 Å². The van der Waals surface area contributed by atoms with Crippen LogP contribution in [0.15, 0.2) is 70.6 Å². The second-order valence-electron chi connectivity index (χ2n) is 6.10. The third-order valence-electron chi connectivity index (χ3n) is 4.01. The summed E-state index contributed by atoms with van der Waals surface area (Å²) in [5.74, 6) is -0.0113. The number of aromatic hydroxyl groups is 2. The molecule has 27 heavy (non-hydrogen) atoms. The van der Waals surface area contributed by atoms with Crippen molar-refractivity contribution in [1.29, 1.82) is 0 Å². The van der Waals surface area contributed by atoms with E-state index in [2.05, 4.69) is 23.7 Å². The molecular formula is C21H21N3O2S. The van der Waals surface area contributed by atoms with Crippen molar-refractivity contribution in [2.45, 2.75) is 13.8 Å². The number of hydrogen-bond acceptors (Lipinski definition) is 5. The van der Waals surface area contributed by atoms with E-state index in [0.29, 0.717) is 17.8 Å². The molecule has 6 heteroatoms. The quantitative estimate of drug-likeness (QED) is 0.513. The van der Waals surface area contributed by atoms with Crippen LogP contribution in [0.1, 0.15) is 18.1 Å². The van der Waals surface area contributed by atoms with E-state index in [1.807, 2.05) is 31.4 Å². The van der Waals surface area contributed by atoms with Crippen LogP contribution in [0.2, 0.25) is 0 Å². The molecule has 1 heterocycles. The Balaban J connectivity index is 2.15. The molecular weight excluding hydrogens is 358 g/mol. The molecule has 0 spiro atoms. The fraction of sp³-hybridized carbons (Fsp3) is 0.143. The maximum Gasteiger partial charge on any atom is 0.206 e. The van der Waals surface area contributed by atoms with Crippen LogP contribution < -0.4 is 4.80 Å². The third kappa shape index (κ3) is 4.17. The van der Waals surface area contributed by atoms with Crippen molar-refractivity contribution in [2.24, 2.45) is 10.1 Å². The summed E-state index contributed by atoms with van der Waals surface area (Å²) < 4.78 is 1.78. The van der Waals surface area contributed by atoms with Gasteiger partial charge in [0.25, 0.3) is 0 Å². The highest BCUT2D eigenvalue weighted by molar-refractivity contribution is 7.07. The van der Waals surface area contributed by atoms with Crippen molar-refractivity contribution in [3.63, 3.8) is 0 Å². The first-order valence-electron chi connectivity index (χ1n) is 8.46. The van der Waals surface area contributed by atoms with Gasteiger partial charge in [-0.2, -0.15) is 5.10 Å². The highest BCUT2D eigenvalue weighted by atomic mass is 32.1. The summed E-state index contributed by atoms with van der Waals surface area (Å²) >= 11 is 1.50. The highest BCUT2D eigenvalue weighted by Gasteiger charge is 2.11. The summed E-state index contributed by atoms with van der Waals surface area (Å²) in [7, 11) is 0. The van der Waals surface area contributed by atoms with E-state index in [1.165, 1.54) is 29.0 Å². The number of nitrogens with zero attached hydrogens (tertiary/aromatic N) is 3. The molecule has 0 aliphatic heterocycles. The van der Waals surface area contributed by atoms with Gasteiger partial charge in [-0.1, -0.05) is 35.9 Å². The molecule has 0 saturated heterocycles. The Morgan fingerprint density at radius 1 is 1.19 bits per heavy atom. The Labute approximate surface area is 161 Å². The zero-order valence-corrected chi connectivity index (χ0v) is 16.1. The molecule has 0 amide bonds. The van der Waals surface area contributed by atoms with Crippen LogP contribution in [-0.2, 0) is 0 Å². The van der Waals surface area contributed by atoms with E-state index in [0.717, 1.165) is 16.1 Å². The smallest absolute Gasteiger partial charge is 0.206 e. The summed E-state index contributed by atoms with van der Waals surface area (Å²) in [6, 6.07) is 12.7. The molecule has 0 unspecified atom stereocenters. The number of aromatic nitrogens is 1. The van der Waals surface area contributed by atoms with Gasteiger partial charge in [0.2, 0.25) is 4.80 Å². The van der Waals surface area contributed by atoms with E-state index < -0.39 is 0 Å². The molecule has 138 valence electrons. The van der Waals surface area contributed by atoms with Gasteiger partial charge in [0, 0.05) is 22.6 Å². The first-order chi connectivity index (χ1) is 13.0. The fourth-order valence-corrected chi connectivity index (χ4v) is 3.44. The van der Waals surface area contributed by atoms with Crippen LogP contribution in [0.3, 0.4) is 0 Å². The van der Waals surface area contributed by atoms with Crippen LogP contribution in [0.4, 0.5) is 0 Å². The molecule has 0 atom stereocenters. The standard InChI is InChI=1S/C21H21N3O2S/c1-4-11-22-21-24(19(13-27-21)16-7-5-14(2)6-8-16)23-15(3)18-10-9-17(25)12-20(18)26/h4-10,12-13,25-26H,1,11H2,2-3H3. The molecule has 0 bridgehead atoms. The third-order valence-corrected chi connectivity index (χ3v) is 4.86. The largest absolute Gasteiger partial charge is 0.508 e. The number of benzene rings is 2. The number of thiazole rings is 1. The van der Waals surface area contributed by atoms with Gasteiger partial charge >= 0.3 is 0 Å². The normalized spacial score (nSPS) is 12.4. The van der Waals surface area contributed by atoms with Crippen molar-refractivity contribution in [3.8, 4) is 22.8 Å². The van der Waals surface area contributed by atoms with Gasteiger partial charge in [-0.05, 0) is 26.0 Å². The van der Waals surface area contributed by atoms with Crippen LogP contribution >= 0.6 is 11.3 Å². The second kappa shape index (κ2) is 8.05. The number of aryl methyl sites for hydroxylation is 1. The molecule has 0 saturated carbocycles. The topological polar surface area (TPSA) is 70.1 Å². The van der Waals surface area contributed by atoms with Gasteiger partial charge in [0.1, 0.15) is 11.5 Å². The van der Waals surface area contributed by atoms with E-state index in [-0.39, 0.29) is 11.5 Å². The van der Waals surface area contributed by atoms with Crippen molar-refractivity contribution >= 4 is 17.0 Å². The van der Waals surface area contributed by atoms with Gasteiger partial charge in [-0.25, -0.2) is 4.68 Å². The van der Waals surface area contributed by atoms with Crippen molar-refractivity contribution in [2.75, 3.05) is 6.54 Å². The lowest BCUT2D eigenvalue weighted by atomic mass is 10.1. The van der Waals surface area contributed by atoms with Crippen LogP contribution in [0.5, 0.6) is 11.5 Å². The van der Waals surface area contributed by atoms with E-state index >= 15 is 0 Å². The second-order valence-corrected chi connectivity index (χ2v) is 6.93. The summed E-state index contributed by atoms with van der Waals surface area (Å²) in [6.45, 7) is 8.07. The molecule has 2 aromatic carbocycles. The molecule has 0 aliphatic carbocycles. The van der Waals surface area contributed by atoms with Crippen LogP contribution in [-0.4, -0.2) is 27.1 Å². The average Bonchev–Trinajstić information content (AvgIpc) is 3.03. The summed E-state index contributed by atoms with van der Waals surface area (Å²) in [4.78, 5) is 5.26. The number of rotatable bonds is 5. The minimum absolute atomic E-state index is 0.00857.